The molecule has 0 N–H and O–H groups in total. The summed E-state index contributed by atoms with van der Waals surface area (Å²) in [6, 6.07) is 3.86. The Balaban J connectivity index is 2.57. The van der Waals surface area contributed by atoms with E-state index in [4.69, 9.17) is 9.47 Å². The van der Waals surface area contributed by atoms with Crippen LogP contribution in [-0.2, 0) is 18.3 Å². The summed E-state index contributed by atoms with van der Waals surface area (Å²) in [6.07, 6.45) is 3.33. The number of rotatable bonds is 5. The van der Waals surface area contributed by atoms with Crippen molar-refractivity contribution in [2.24, 2.45) is 7.05 Å². The van der Waals surface area contributed by atoms with Crippen LogP contribution in [0.25, 0.3) is 10.9 Å². The van der Waals surface area contributed by atoms with Crippen molar-refractivity contribution in [2.45, 2.75) is 19.8 Å². The monoisotopic (exact) mass is 261 g/mol. The third-order valence-corrected chi connectivity index (χ3v) is 3.31. The summed E-state index contributed by atoms with van der Waals surface area (Å²) >= 11 is 0. The van der Waals surface area contributed by atoms with E-state index >= 15 is 0 Å². The van der Waals surface area contributed by atoms with E-state index in [1.54, 1.807) is 21.1 Å². The van der Waals surface area contributed by atoms with Gasteiger partial charge in [0.25, 0.3) is 0 Å². The molecular weight excluding hydrogens is 242 g/mol. The van der Waals surface area contributed by atoms with Crippen LogP contribution in [0.5, 0.6) is 11.5 Å². The lowest BCUT2D eigenvalue weighted by Gasteiger charge is -2.08. The van der Waals surface area contributed by atoms with Gasteiger partial charge in [0.2, 0.25) is 0 Å². The Bertz CT molecular complexity index is 613. The number of ether oxygens (including phenoxy) is 2. The second kappa shape index (κ2) is 5.34. The van der Waals surface area contributed by atoms with Crippen LogP contribution in [-0.4, -0.2) is 24.6 Å². The van der Waals surface area contributed by atoms with Gasteiger partial charge in [0, 0.05) is 37.2 Å². The smallest absolute Gasteiger partial charge is 0.132 e. The van der Waals surface area contributed by atoms with Gasteiger partial charge >= 0.3 is 0 Å². The number of methoxy groups -OCH3 is 2. The van der Waals surface area contributed by atoms with Crippen molar-refractivity contribution in [2.75, 3.05) is 14.2 Å². The zero-order valence-electron chi connectivity index (χ0n) is 11.8. The Morgan fingerprint density at radius 3 is 2.58 bits per heavy atom. The molecule has 0 radical (unpaired) electrons. The largest absolute Gasteiger partial charge is 0.497 e. The van der Waals surface area contributed by atoms with Crippen molar-refractivity contribution in [3.63, 3.8) is 0 Å². The Morgan fingerprint density at radius 1 is 1.26 bits per heavy atom. The lowest BCUT2D eigenvalue weighted by atomic mass is 10.1. The van der Waals surface area contributed by atoms with E-state index in [1.807, 2.05) is 23.7 Å². The molecule has 0 saturated carbocycles. The molecule has 0 unspecified atom stereocenters. The summed E-state index contributed by atoms with van der Waals surface area (Å²) in [6.45, 7) is 1.62. The molecular formula is C15H19NO3. The molecule has 1 heterocycles. The molecule has 2 rings (SSSR count). The summed E-state index contributed by atoms with van der Waals surface area (Å²) in [5.74, 6) is 1.75. The quantitative estimate of drug-likeness (QED) is 0.831. The molecule has 19 heavy (non-hydrogen) atoms. The van der Waals surface area contributed by atoms with Crippen molar-refractivity contribution < 1.29 is 14.3 Å². The second-order valence-electron chi connectivity index (χ2n) is 4.69. The molecule has 0 aliphatic carbocycles. The van der Waals surface area contributed by atoms with Gasteiger partial charge < -0.3 is 18.8 Å². The van der Waals surface area contributed by atoms with Gasteiger partial charge in [0.1, 0.15) is 17.3 Å². The molecule has 0 bridgehead atoms. The van der Waals surface area contributed by atoms with Gasteiger partial charge in [-0.3, -0.25) is 0 Å². The van der Waals surface area contributed by atoms with Gasteiger partial charge in [-0.25, -0.2) is 0 Å². The first-order valence-electron chi connectivity index (χ1n) is 6.26. The van der Waals surface area contributed by atoms with Crippen LogP contribution in [0.15, 0.2) is 18.3 Å². The highest BCUT2D eigenvalue weighted by Crippen LogP contribution is 2.35. The van der Waals surface area contributed by atoms with Crippen LogP contribution in [0, 0.1) is 0 Å². The van der Waals surface area contributed by atoms with Crippen molar-refractivity contribution in [1.82, 2.24) is 4.57 Å². The molecule has 0 saturated heterocycles. The molecule has 0 aliphatic rings. The highest BCUT2D eigenvalue weighted by Gasteiger charge is 2.14. The highest BCUT2D eigenvalue weighted by molar-refractivity contribution is 5.91. The summed E-state index contributed by atoms with van der Waals surface area (Å²) in [5, 5.41) is 1.06. The van der Waals surface area contributed by atoms with Gasteiger partial charge in [-0.05, 0) is 18.9 Å². The zero-order valence-corrected chi connectivity index (χ0v) is 11.8. The third-order valence-electron chi connectivity index (χ3n) is 3.31. The first kappa shape index (κ1) is 13.5. The number of fused-ring (bicyclic) bond motifs is 1. The van der Waals surface area contributed by atoms with Crippen molar-refractivity contribution in [1.29, 1.82) is 0 Å². The first-order valence-corrected chi connectivity index (χ1v) is 6.26. The molecule has 0 atom stereocenters. The summed E-state index contributed by atoms with van der Waals surface area (Å²) < 4.78 is 12.8. The van der Waals surface area contributed by atoms with E-state index in [1.165, 1.54) is 0 Å². The minimum atomic E-state index is 0.199. The van der Waals surface area contributed by atoms with Crippen molar-refractivity contribution in [3.05, 3.63) is 23.9 Å². The van der Waals surface area contributed by atoms with Crippen LogP contribution < -0.4 is 9.47 Å². The maximum absolute atomic E-state index is 11.2. The van der Waals surface area contributed by atoms with E-state index in [-0.39, 0.29) is 5.78 Å². The fourth-order valence-electron chi connectivity index (χ4n) is 2.32. The Labute approximate surface area is 112 Å². The number of carbonyl (C=O) groups excluding carboxylic acids is 1. The van der Waals surface area contributed by atoms with Gasteiger partial charge in [0.05, 0.1) is 19.7 Å². The van der Waals surface area contributed by atoms with Gasteiger partial charge in [0.15, 0.2) is 0 Å². The molecule has 1 aromatic heterocycles. The number of ketones is 1. The minimum Gasteiger partial charge on any atom is -0.497 e. The molecule has 2 aromatic rings. The number of hydrogen-bond acceptors (Lipinski definition) is 3. The number of Topliss-reactive ketones (excluding diaryl/α,β-unsaturated/α-hetero) is 1. The minimum absolute atomic E-state index is 0.199. The van der Waals surface area contributed by atoms with Crippen molar-refractivity contribution in [3.8, 4) is 11.5 Å². The number of hydrogen-bond donors (Lipinski definition) is 0. The van der Waals surface area contributed by atoms with E-state index < -0.39 is 0 Å². The van der Waals surface area contributed by atoms with Crippen LogP contribution in [0.3, 0.4) is 0 Å². The number of carbonyl (C=O) groups is 1. The highest BCUT2D eigenvalue weighted by atomic mass is 16.5. The Morgan fingerprint density at radius 2 is 2.00 bits per heavy atom. The summed E-state index contributed by atoms with van der Waals surface area (Å²) in [7, 11) is 5.27. The normalized spacial score (nSPS) is 10.7. The van der Waals surface area contributed by atoms with Crippen LogP contribution in [0.4, 0.5) is 0 Å². The topological polar surface area (TPSA) is 40.5 Å². The Kier molecular flexibility index (Phi) is 3.79. The van der Waals surface area contributed by atoms with E-state index in [0.717, 1.165) is 34.4 Å². The fourth-order valence-corrected chi connectivity index (χ4v) is 2.32. The van der Waals surface area contributed by atoms with E-state index in [0.29, 0.717) is 6.42 Å². The van der Waals surface area contributed by atoms with Crippen molar-refractivity contribution >= 4 is 16.7 Å². The predicted molar refractivity (Wildman–Crippen MR) is 75.0 cm³/mol. The third kappa shape index (κ3) is 2.57. The lowest BCUT2D eigenvalue weighted by molar-refractivity contribution is -0.116. The standard InChI is InChI=1S/C15H19NO3/c1-10(17)5-6-11-9-16(2)13-7-12(18-3)8-14(19-4)15(11)13/h7-9H,5-6H2,1-4H3. The van der Waals surface area contributed by atoms with Crippen LogP contribution in [0.1, 0.15) is 18.9 Å². The first-order chi connectivity index (χ1) is 9.06. The molecule has 0 amide bonds. The summed E-state index contributed by atoms with van der Waals surface area (Å²) in [5.41, 5.74) is 2.18. The molecule has 4 nitrogen and oxygen atoms in total. The molecule has 0 spiro atoms. The summed E-state index contributed by atoms with van der Waals surface area (Å²) in [4.78, 5) is 11.2. The maximum atomic E-state index is 11.2. The molecule has 0 fully saturated rings. The van der Waals surface area contributed by atoms with Gasteiger partial charge in [-0.15, -0.1) is 0 Å². The molecule has 1 aromatic carbocycles. The average Bonchev–Trinajstić information content (AvgIpc) is 2.72. The number of aryl methyl sites for hydroxylation is 2. The Hall–Kier alpha value is -1.97. The predicted octanol–water partition coefficient (Wildman–Crippen LogP) is 2.72. The average molecular weight is 261 g/mol. The second-order valence-corrected chi connectivity index (χ2v) is 4.69. The van der Waals surface area contributed by atoms with Crippen LogP contribution in [0.2, 0.25) is 0 Å². The molecule has 102 valence electrons. The SMILES string of the molecule is COc1cc(OC)c2c(CCC(C)=O)cn(C)c2c1. The van der Waals surface area contributed by atoms with Crippen LogP contribution >= 0.6 is 0 Å². The molecule has 0 aliphatic heterocycles. The fraction of sp³-hybridized carbons (Fsp3) is 0.400. The zero-order chi connectivity index (χ0) is 14.0. The van der Waals surface area contributed by atoms with E-state index in [2.05, 4.69) is 6.20 Å². The molecule has 4 heteroatoms. The van der Waals surface area contributed by atoms with Gasteiger partial charge in [-0.2, -0.15) is 0 Å². The van der Waals surface area contributed by atoms with Gasteiger partial charge in [-0.1, -0.05) is 0 Å². The maximum Gasteiger partial charge on any atom is 0.132 e. The van der Waals surface area contributed by atoms with E-state index in [9.17, 15) is 4.79 Å². The number of aromatic nitrogens is 1. The lowest BCUT2D eigenvalue weighted by Crippen LogP contribution is -1.94. The number of benzene rings is 1. The number of nitrogens with zero attached hydrogens (tertiary/aromatic N) is 1.